The van der Waals surface area contributed by atoms with Gasteiger partial charge < -0.3 is 15.4 Å². The highest BCUT2D eigenvalue weighted by molar-refractivity contribution is 5.81. The predicted octanol–water partition coefficient (Wildman–Crippen LogP) is 1.82. The Bertz CT molecular complexity index is 558. The molecular weight excluding hydrogens is 254 g/mol. The zero-order valence-corrected chi connectivity index (χ0v) is 11.3. The number of benzene rings is 1. The predicted molar refractivity (Wildman–Crippen MR) is 77.6 cm³/mol. The van der Waals surface area contributed by atoms with Crippen LogP contribution in [0.2, 0.25) is 0 Å². The molecule has 1 heterocycles. The smallest absolute Gasteiger partial charge is 0.239 e. The Hall–Kier alpha value is -2.56. The molecular formula is C15H17N3O2. The summed E-state index contributed by atoms with van der Waals surface area (Å²) in [5.41, 5.74) is 1.63. The van der Waals surface area contributed by atoms with Crippen LogP contribution in [-0.2, 0) is 11.3 Å². The van der Waals surface area contributed by atoms with Crippen molar-refractivity contribution in [3.8, 4) is 5.75 Å². The molecule has 0 unspecified atom stereocenters. The minimum atomic E-state index is -0.0958. The lowest BCUT2D eigenvalue weighted by atomic mass is 10.3. The van der Waals surface area contributed by atoms with E-state index in [0.717, 1.165) is 11.4 Å². The molecule has 0 saturated carbocycles. The number of ether oxygens (including phenoxy) is 1. The third-order valence-corrected chi connectivity index (χ3v) is 2.74. The number of aromatic nitrogens is 1. The summed E-state index contributed by atoms with van der Waals surface area (Å²) >= 11 is 0. The Kier molecular flexibility index (Phi) is 4.94. The average molecular weight is 271 g/mol. The zero-order valence-electron chi connectivity index (χ0n) is 11.3. The molecule has 0 fully saturated rings. The van der Waals surface area contributed by atoms with Crippen molar-refractivity contribution in [3.63, 3.8) is 0 Å². The van der Waals surface area contributed by atoms with Gasteiger partial charge in [-0.15, -0.1) is 0 Å². The summed E-state index contributed by atoms with van der Waals surface area (Å²) in [4.78, 5) is 15.9. The SMILES string of the molecule is COc1ccccc1NCC(=O)NCc1ccccn1. The van der Waals surface area contributed by atoms with Crippen LogP contribution in [0.5, 0.6) is 5.75 Å². The third-order valence-electron chi connectivity index (χ3n) is 2.74. The average Bonchev–Trinajstić information content (AvgIpc) is 2.52. The van der Waals surface area contributed by atoms with Crippen LogP contribution in [-0.4, -0.2) is 24.5 Å². The highest BCUT2D eigenvalue weighted by atomic mass is 16.5. The van der Waals surface area contributed by atoms with Crippen molar-refractivity contribution < 1.29 is 9.53 Å². The second-order valence-electron chi connectivity index (χ2n) is 4.15. The van der Waals surface area contributed by atoms with E-state index in [1.54, 1.807) is 13.3 Å². The van der Waals surface area contributed by atoms with Gasteiger partial charge in [-0.1, -0.05) is 18.2 Å². The van der Waals surface area contributed by atoms with Crippen molar-refractivity contribution in [2.24, 2.45) is 0 Å². The minimum Gasteiger partial charge on any atom is -0.495 e. The number of nitrogens with zero attached hydrogens (tertiary/aromatic N) is 1. The normalized spacial score (nSPS) is 9.85. The van der Waals surface area contributed by atoms with Gasteiger partial charge in [0.15, 0.2) is 0 Å². The van der Waals surface area contributed by atoms with Gasteiger partial charge in [0.05, 0.1) is 31.6 Å². The lowest BCUT2D eigenvalue weighted by Gasteiger charge is -2.10. The molecule has 0 bridgehead atoms. The van der Waals surface area contributed by atoms with Gasteiger partial charge in [-0.2, -0.15) is 0 Å². The zero-order chi connectivity index (χ0) is 14.2. The van der Waals surface area contributed by atoms with Gasteiger partial charge in [0.2, 0.25) is 5.91 Å². The maximum Gasteiger partial charge on any atom is 0.239 e. The second-order valence-corrected chi connectivity index (χ2v) is 4.15. The Labute approximate surface area is 118 Å². The van der Waals surface area contributed by atoms with Crippen molar-refractivity contribution in [2.45, 2.75) is 6.54 Å². The van der Waals surface area contributed by atoms with E-state index in [0.29, 0.717) is 12.3 Å². The fraction of sp³-hybridized carbons (Fsp3) is 0.200. The van der Waals surface area contributed by atoms with Crippen molar-refractivity contribution in [1.82, 2.24) is 10.3 Å². The number of carbonyl (C=O) groups excluding carboxylic acids is 1. The van der Waals surface area contributed by atoms with Crippen LogP contribution in [0.1, 0.15) is 5.69 Å². The molecule has 0 atom stereocenters. The van der Waals surface area contributed by atoms with E-state index < -0.39 is 0 Å². The number of methoxy groups -OCH3 is 1. The number of amides is 1. The molecule has 0 aliphatic carbocycles. The first-order valence-corrected chi connectivity index (χ1v) is 6.33. The van der Waals surface area contributed by atoms with Gasteiger partial charge in [0, 0.05) is 6.20 Å². The molecule has 0 aliphatic rings. The van der Waals surface area contributed by atoms with E-state index >= 15 is 0 Å². The third kappa shape index (κ3) is 3.98. The first kappa shape index (κ1) is 13.9. The number of hydrogen-bond acceptors (Lipinski definition) is 4. The summed E-state index contributed by atoms with van der Waals surface area (Å²) < 4.78 is 5.20. The van der Waals surface area contributed by atoms with E-state index in [-0.39, 0.29) is 12.5 Å². The molecule has 1 aromatic heterocycles. The molecule has 104 valence electrons. The molecule has 2 N–H and O–H groups in total. The molecule has 0 saturated heterocycles. The highest BCUT2D eigenvalue weighted by Crippen LogP contribution is 2.22. The quantitative estimate of drug-likeness (QED) is 0.841. The number of nitrogens with one attached hydrogen (secondary N) is 2. The topological polar surface area (TPSA) is 63.2 Å². The Balaban J connectivity index is 1.80. The first-order valence-electron chi connectivity index (χ1n) is 6.33. The van der Waals surface area contributed by atoms with Crippen LogP contribution >= 0.6 is 0 Å². The Morgan fingerprint density at radius 2 is 2.00 bits per heavy atom. The van der Waals surface area contributed by atoms with E-state index in [9.17, 15) is 4.79 Å². The van der Waals surface area contributed by atoms with Gasteiger partial charge in [0.1, 0.15) is 5.75 Å². The van der Waals surface area contributed by atoms with Crippen LogP contribution in [0.25, 0.3) is 0 Å². The summed E-state index contributed by atoms with van der Waals surface area (Å²) in [7, 11) is 1.60. The highest BCUT2D eigenvalue weighted by Gasteiger charge is 2.04. The molecule has 2 rings (SSSR count). The van der Waals surface area contributed by atoms with E-state index in [2.05, 4.69) is 15.6 Å². The van der Waals surface area contributed by atoms with Gasteiger partial charge in [-0.25, -0.2) is 0 Å². The van der Waals surface area contributed by atoms with Crippen molar-refractivity contribution in [2.75, 3.05) is 19.0 Å². The maximum absolute atomic E-state index is 11.7. The number of pyridine rings is 1. The number of carbonyl (C=O) groups is 1. The lowest BCUT2D eigenvalue weighted by molar-refractivity contribution is -0.119. The summed E-state index contributed by atoms with van der Waals surface area (Å²) in [6, 6.07) is 13.1. The first-order chi connectivity index (χ1) is 9.79. The monoisotopic (exact) mass is 271 g/mol. The molecule has 0 aliphatic heterocycles. The summed E-state index contributed by atoms with van der Waals surface area (Å²) in [5, 5.41) is 5.84. The fourth-order valence-electron chi connectivity index (χ4n) is 1.72. The van der Waals surface area contributed by atoms with Crippen LogP contribution in [0.15, 0.2) is 48.7 Å². The lowest BCUT2D eigenvalue weighted by Crippen LogP contribution is -2.29. The van der Waals surface area contributed by atoms with E-state index in [4.69, 9.17) is 4.74 Å². The van der Waals surface area contributed by atoms with Crippen molar-refractivity contribution in [1.29, 1.82) is 0 Å². The second kappa shape index (κ2) is 7.13. The van der Waals surface area contributed by atoms with Gasteiger partial charge >= 0.3 is 0 Å². The molecule has 0 spiro atoms. The van der Waals surface area contributed by atoms with Crippen LogP contribution in [0.4, 0.5) is 5.69 Å². The van der Waals surface area contributed by atoms with E-state index in [1.165, 1.54) is 0 Å². The number of rotatable bonds is 6. The molecule has 20 heavy (non-hydrogen) atoms. The summed E-state index contributed by atoms with van der Waals surface area (Å²) in [5.74, 6) is 0.617. The number of anilines is 1. The standard InChI is InChI=1S/C15H17N3O2/c1-20-14-8-3-2-7-13(14)17-11-15(19)18-10-12-6-4-5-9-16-12/h2-9,17H,10-11H2,1H3,(H,18,19). The van der Waals surface area contributed by atoms with Crippen LogP contribution in [0.3, 0.4) is 0 Å². The van der Waals surface area contributed by atoms with Crippen LogP contribution < -0.4 is 15.4 Å². The number of para-hydroxylation sites is 2. The fourth-order valence-corrected chi connectivity index (χ4v) is 1.72. The molecule has 1 amide bonds. The molecule has 2 aromatic rings. The van der Waals surface area contributed by atoms with E-state index in [1.807, 2.05) is 42.5 Å². The van der Waals surface area contributed by atoms with Crippen molar-refractivity contribution >= 4 is 11.6 Å². The van der Waals surface area contributed by atoms with Crippen LogP contribution in [0, 0.1) is 0 Å². The van der Waals surface area contributed by atoms with Crippen molar-refractivity contribution in [3.05, 3.63) is 54.4 Å². The van der Waals surface area contributed by atoms with Gasteiger partial charge in [-0.3, -0.25) is 9.78 Å². The number of hydrogen-bond donors (Lipinski definition) is 2. The Morgan fingerprint density at radius 1 is 1.20 bits per heavy atom. The molecule has 5 heteroatoms. The Morgan fingerprint density at radius 3 is 2.75 bits per heavy atom. The summed E-state index contributed by atoms with van der Waals surface area (Å²) in [6.45, 7) is 0.612. The molecule has 0 radical (unpaired) electrons. The molecule has 5 nitrogen and oxygen atoms in total. The molecule has 1 aromatic carbocycles. The maximum atomic E-state index is 11.7. The largest absolute Gasteiger partial charge is 0.495 e. The summed E-state index contributed by atoms with van der Waals surface area (Å²) in [6.07, 6.45) is 1.70. The minimum absolute atomic E-state index is 0.0958. The van der Waals surface area contributed by atoms with Gasteiger partial charge in [0.25, 0.3) is 0 Å². The van der Waals surface area contributed by atoms with Gasteiger partial charge in [-0.05, 0) is 24.3 Å².